The predicted molar refractivity (Wildman–Crippen MR) is 59.2 cm³/mol. The molecular formula is C10H10N4O3. The first-order valence-corrected chi connectivity index (χ1v) is 4.92. The maximum absolute atomic E-state index is 10.6. The average Bonchev–Trinajstić information content (AvgIpc) is 2.78. The predicted octanol–water partition coefficient (Wildman–Crippen LogP) is 1.36. The van der Waals surface area contributed by atoms with Crippen LogP contribution in [0.4, 0.5) is 5.69 Å². The maximum atomic E-state index is 10.6. The molecule has 0 saturated carbocycles. The summed E-state index contributed by atoms with van der Waals surface area (Å²) in [5.74, 6) is 0.716. The van der Waals surface area contributed by atoms with Crippen molar-refractivity contribution in [2.75, 3.05) is 7.05 Å². The van der Waals surface area contributed by atoms with E-state index in [0.717, 1.165) is 0 Å². The molecule has 0 atom stereocenters. The minimum Gasteiger partial charge on any atom is -0.419 e. The van der Waals surface area contributed by atoms with Crippen molar-refractivity contribution in [3.05, 3.63) is 40.3 Å². The molecule has 2 aromatic rings. The van der Waals surface area contributed by atoms with Gasteiger partial charge in [0.15, 0.2) is 0 Å². The summed E-state index contributed by atoms with van der Waals surface area (Å²) in [6.45, 7) is 0.460. The lowest BCUT2D eigenvalue weighted by molar-refractivity contribution is -0.384. The fourth-order valence-electron chi connectivity index (χ4n) is 1.35. The number of nitrogens with zero attached hydrogens (tertiary/aromatic N) is 3. The van der Waals surface area contributed by atoms with Gasteiger partial charge in [0.2, 0.25) is 11.8 Å². The highest BCUT2D eigenvalue weighted by molar-refractivity contribution is 5.57. The highest BCUT2D eigenvalue weighted by Crippen LogP contribution is 2.22. The summed E-state index contributed by atoms with van der Waals surface area (Å²) >= 11 is 0. The van der Waals surface area contributed by atoms with E-state index in [2.05, 4.69) is 15.5 Å². The van der Waals surface area contributed by atoms with Crippen LogP contribution < -0.4 is 5.32 Å². The minimum atomic E-state index is -0.464. The highest BCUT2D eigenvalue weighted by Gasteiger charge is 2.12. The van der Waals surface area contributed by atoms with Crippen LogP contribution in [-0.4, -0.2) is 22.2 Å². The van der Waals surface area contributed by atoms with Gasteiger partial charge in [-0.15, -0.1) is 10.2 Å². The van der Waals surface area contributed by atoms with E-state index in [-0.39, 0.29) is 11.6 Å². The van der Waals surface area contributed by atoms with Crippen LogP contribution in [0.5, 0.6) is 0 Å². The molecule has 0 unspecified atom stereocenters. The molecule has 0 bridgehead atoms. The lowest BCUT2D eigenvalue weighted by Crippen LogP contribution is -2.04. The normalized spacial score (nSPS) is 10.4. The summed E-state index contributed by atoms with van der Waals surface area (Å²) < 4.78 is 5.34. The molecule has 2 rings (SSSR count). The smallest absolute Gasteiger partial charge is 0.270 e. The molecule has 0 aliphatic rings. The highest BCUT2D eigenvalue weighted by atomic mass is 16.6. The average molecular weight is 234 g/mol. The Morgan fingerprint density at radius 3 is 3.00 bits per heavy atom. The van der Waals surface area contributed by atoms with E-state index >= 15 is 0 Å². The zero-order valence-corrected chi connectivity index (χ0v) is 9.08. The van der Waals surface area contributed by atoms with Gasteiger partial charge in [0.1, 0.15) is 0 Å². The van der Waals surface area contributed by atoms with Crippen molar-refractivity contribution >= 4 is 5.69 Å². The number of rotatable bonds is 4. The van der Waals surface area contributed by atoms with E-state index < -0.39 is 4.92 Å². The van der Waals surface area contributed by atoms with Gasteiger partial charge in [0.05, 0.1) is 11.5 Å². The van der Waals surface area contributed by atoms with Crippen LogP contribution in [0.15, 0.2) is 28.7 Å². The van der Waals surface area contributed by atoms with Crippen LogP contribution in [0, 0.1) is 10.1 Å². The maximum Gasteiger partial charge on any atom is 0.270 e. The number of aromatic nitrogens is 2. The fourth-order valence-corrected chi connectivity index (χ4v) is 1.35. The minimum absolute atomic E-state index is 0.00383. The quantitative estimate of drug-likeness (QED) is 0.634. The van der Waals surface area contributed by atoms with Gasteiger partial charge in [-0.05, 0) is 13.1 Å². The van der Waals surface area contributed by atoms with Crippen LogP contribution in [0.2, 0.25) is 0 Å². The van der Waals surface area contributed by atoms with Crippen molar-refractivity contribution in [3.63, 3.8) is 0 Å². The summed E-state index contributed by atoms with van der Waals surface area (Å²) in [5, 5.41) is 21.1. The van der Waals surface area contributed by atoms with E-state index in [0.29, 0.717) is 18.0 Å². The van der Waals surface area contributed by atoms with Crippen LogP contribution in [-0.2, 0) is 6.54 Å². The first-order valence-electron chi connectivity index (χ1n) is 4.92. The Bertz CT molecular complexity index is 538. The number of non-ortho nitro benzene ring substituents is 1. The van der Waals surface area contributed by atoms with Crippen LogP contribution in [0.25, 0.3) is 11.5 Å². The molecule has 1 N–H and O–H groups in total. The van der Waals surface area contributed by atoms with Crippen molar-refractivity contribution in [2.45, 2.75) is 6.54 Å². The van der Waals surface area contributed by atoms with Crippen molar-refractivity contribution in [1.82, 2.24) is 15.5 Å². The third-order valence-electron chi connectivity index (χ3n) is 2.10. The lowest BCUT2D eigenvalue weighted by Gasteiger charge is -1.95. The molecule has 88 valence electrons. The topological polar surface area (TPSA) is 94.1 Å². The number of hydrogen-bond acceptors (Lipinski definition) is 6. The van der Waals surface area contributed by atoms with E-state index in [1.807, 2.05) is 0 Å². The molecule has 17 heavy (non-hydrogen) atoms. The van der Waals surface area contributed by atoms with Gasteiger partial charge in [-0.25, -0.2) is 0 Å². The fraction of sp³-hybridized carbons (Fsp3) is 0.200. The largest absolute Gasteiger partial charge is 0.419 e. The Hall–Kier alpha value is -2.28. The zero-order chi connectivity index (χ0) is 12.3. The molecule has 0 saturated heterocycles. The molecule has 0 spiro atoms. The molecule has 0 aliphatic carbocycles. The third-order valence-corrected chi connectivity index (χ3v) is 2.10. The Morgan fingerprint density at radius 1 is 1.47 bits per heavy atom. The molecule has 0 amide bonds. The number of nitro groups is 1. The second kappa shape index (κ2) is 4.71. The molecule has 0 radical (unpaired) electrons. The first kappa shape index (κ1) is 11.2. The van der Waals surface area contributed by atoms with E-state index in [1.54, 1.807) is 19.2 Å². The Kier molecular flexibility index (Phi) is 3.10. The number of nitro benzene ring substituents is 1. The van der Waals surface area contributed by atoms with Crippen LogP contribution in [0.3, 0.4) is 0 Å². The Morgan fingerprint density at radius 2 is 2.29 bits per heavy atom. The molecule has 0 aliphatic heterocycles. The van der Waals surface area contributed by atoms with E-state index in [1.165, 1.54) is 12.1 Å². The monoisotopic (exact) mass is 234 g/mol. The van der Waals surface area contributed by atoms with Crippen LogP contribution >= 0.6 is 0 Å². The lowest BCUT2D eigenvalue weighted by atomic mass is 10.2. The molecule has 7 nitrogen and oxygen atoms in total. The molecule has 1 aromatic carbocycles. The summed E-state index contributed by atoms with van der Waals surface area (Å²) in [6.07, 6.45) is 0. The van der Waals surface area contributed by atoms with Crippen molar-refractivity contribution < 1.29 is 9.34 Å². The Labute approximate surface area is 96.6 Å². The Balaban J connectivity index is 2.32. The zero-order valence-electron chi connectivity index (χ0n) is 9.08. The van der Waals surface area contributed by atoms with Crippen LogP contribution in [0.1, 0.15) is 5.89 Å². The number of hydrogen-bond donors (Lipinski definition) is 1. The van der Waals surface area contributed by atoms with Gasteiger partial charge in [0, 0.05) is 17.7 Å². The molecule has 1 aromatic heterocycles. The van der Waals surface area contributed by atoms with Gasteiger partial charge in [-0.1, -0.05) is 6.07 Å². The van der Waals surface area contributed by atoms with Gasteiger partial charge in [0.25, 0.3) is 5.69 Å². The van der Waals surface area contributed by atoms with Gasteiger partial charge in [-0.3, -0.25) is 10.1 Å². The molecule has 0 fully saturated rings. The van der Waals surface area contributed by atoms with E-state index in [9.17, 15) is 10.1 Å². The van der Waals surface area contributed by atoms with Gasteiger partial charge >= 0.3 is 0 Å². The molecule has 1 heterocycles. The first-order chi connectivity index (χ1) is 8.20. The number of nitrogens with one attached hydrogen (secondary N) is 1. The van der Waals surface area contributed by atoms with Crippen molar-refractivity contribution in [3.8, 4) is 11.5 Å². The van der Waals surface area contributed by atoms with Crippen molar-refractivity contribution in [2.24, 2.45) is 0 Å². The second-order valence-corrected chi connectivity index (χ2v) is 3.34. The second-order valence-electron chi connectivity index (χ2n) is 3.34. The van der Waals surface area contributed by atoms with Gasteiger partial charge in [-0.2, -0.15) is 0 Å². The van der Waals surface area contributed by atoms with Gasteiger partial charge < -0.3 is 9.73 Å². The summed E-state index contributed by atoms with van der Waals surface area (Å²) in [5.41, 5.74) is 0.532. The molecule has 7 heteroatoms. The summed E-state index contributed by atoms with van der Waals surface area (Å²) in [4.78, 5) is 10.2. The van der Waals surface area contributed by atoms with Crippen molar-refractivity contribution in [1.29, 1.82) is 0 Å². The summed E-state index contributed by atoms with van der Waals surface area (Å²) in [7, 11) is 1.76. The number of benzene rings is 1. The third kappa shape index (κ3) is 2.45. The summed E-state index contributed by atoms with van der Waals surface area (Å²) in [6, 6.07) is 6.07. The standard InChI is InChI=1S/C10H10N4O3/c1-11-6-9-12-13-10(17-9)7-3-2-4-8(5-7)14(15)16/h2-5,11H,6H2,1H3. The SMILES string of the molecule is CNCc1nnc(-c2cccc([N+](=O)[O-])c2)o1. The molecular weight excluding hydrogens is 224 g/mol. The van der Waals surface area contributed by atoms with E-state index in [4.69, 9.17) is 4.42 Å².